The number of hydrogen-bond acceptors (Lipinski definition) is 1. The Labute approximate surface area is 119 Å². The Hall–Kier alpha value is -2.09. The normalized spacial score (nSPS) is 11.8. The van der Waals surface area contributed by atoms with Gasteiger partial charge in [0.1, 0.15) is 0 Å². The third kappa shape index (κ3) is 2.22. The van der Waals surface area contributed by atoms with Crippen molar-refractivity contribution in [2.75, 3.05) is 6.54 Å². The Morgan fingerprint density at radius 3 is 2.75 bits per heavy atom. The molecule has 0 bridgehead atoms. The lowest BCUT2D eigenvalue weighted by Crippen LogP contribution is -2.24. The fourth-order valence-electron chi connectivity index (χ4n) is 2.85. The van der Waals surface area contributed by atoms with Crippen molar-refractivity contribution in [1.29, 1.82) is 0 Å². The summed E-state index contributed by atoms with van der Waals surface area (Å²) in [4.78, 5) is 12.4. The molecular formula is C18H19NO. The molecule has 2 aromatic rings. The minimum Gasteiger partial charge on any atom is -0.352 e. The van der Waals surface area contributed by atoms with Gasteiger partial charge in [0.15, 0.2) is 0 Å². The van der Waals surface area contributed by atoms with Crippen LogP contribution in [0.1, 0.15) is 41.3 Å². The highest BCUT2D eigenvalue weighted by Gasteiger charge is 2.23. The molecule has 0 atom stereocenters. The molecule has 0 aromatic heterocycles. The number of rotatable bonds is 4. The molecular weight excluding hydrogens is 246 g/mol. The van der Waals surface area contributed by atoms with Crippen LogP contribution in [0.5, 0.6) is 0 Å². The lowest BCUT2D eigenvalue weighted by atomic mass is 9.99. The molecule has 0 aliphatic heterocycles. The van der Waals surface area contributed by atoms with Gasteiger partial charge < -0.3 is 5.32 Å². The fraction of sp³-hybridized carbons (Fsp3) is 0.278. The van der Waals surface area contributed by atoms with E-state index in [9.17, 15) is 4.79 Å². The number of hydrogen-bond donors (Lipinski definition) is 1. The molecule has 2 heteroatoms. The van der Waals surface area contributed by atoms with Crippen LogP contribution in [0.25, 0.3) is 11.1 Å². The predicted molar refractivity (Wildman–Crippen MR) is 81.9 cm³/mol. The minimum absolute atomic E-state index is 0.0482. The van der Waals surface area contributed by atoms with Crippen LogP contribution >= 0.6 is 0 Å². The summed E-state index contributed by atoms with van der Waals surface area (Å²) in [5, 5.41) is 3.02. The van der Waals surface area contributed by atoms with Gasteiger partial charge >= 0.3 is 0 Å². The summed E-state index contributed by atoms with van der Waals surface area (Å²) in [5.74, 6) is 0.0482. The fourth-order valence-corrected chi connectivity index (χ4v) is 2.85. The van der Waals surface area contributed by atoms with E-state index in [0.717, 1.165) is 36.9 Å². The summed E-state index contributed by atoms with van der Waals surface area (Å²) < 4.78 is 0. The van der Waals surface area contributed by atoms with E-state index < -0.39 is 0 Å². The Morgan fingerprint density at radius 2 is 1.90 bits per heavy atom. The molecule has 1 aliphatic rings. The first kappa shape index (κ1) is 12.9. The Morgan fingerprint density at radius 1 is 1.10 bits per heavy atom. The van der Waals surface area contributed by atoms with Crippen LogP contribution in [0.4, 0.5) is 0 Å². The largest absolute Gasteiger partial charge is 0.352 e. The van der Waals surface area contributed by atoms with Gasteiger partial charge in [-0.05, 0) is 41.2 Å². The number of amides is 1. The van der Waals surface area contributed by atoms with Crippen LogP contribution in [0.15, 0.2) is 42.5 Å². The molecule has 0 heterocycles. The predicted octanol–water partition coefficient (Wildman–Crippen LogP) is 3.79. The van der Waals surface area contributed by atoms with Gasteiger partial charge in [0.05, 0.1) is 0 Å². The molecule has 102 valence electrons. The van der Waals surface area contributed by atoms with E-state index in [1.807, 2.05) is 18.2 Å². The van der Waals surface area contributed by atoms with Crippen LogP contribution in [0, 0.1) is 0 Å². The Bertz CT molecular complexity index is 646. The van der Waals surface area contributed by atoms with Crippen molar-refractivity contribution in [2.24, 2.45) is 0 Å². The summed E-state index contributed by atoms with van der Waals surface area (Å²) in [6.07, 6.45) is 3.05. The molecule has 0 unspecified atom stereocenters. The van der Waals surface area contributed by atoms with E-state index in [1.165, 1.54) is 16.7 Å². The zero-order chi connectivity index (χ0) is 13.9. The van der Waals surface area contributed by atoms with Gasteiger partial charge in [-0.1, -0.05) is 49.7 Å². The number of nitrogens with one attached hydrogen (secondary N) is 1. The lowest BCUT2D eigenvalue weighted by molar-refractivity contribution is 0.0954. The monoisotopic (exact) mass is 265 g/mol. The number of fused-ring (bicyclic) bond motifs is 3. The second-order valence-electron chi connectivity index (χ2n) is 5.28. The highest BCUT2D eigenvalue weighted by atomic mass is 16.1. The van der Waals surface area contributed by atoms with Crippen molar-refractivity contribution in [1.82, 2.24) is 5.32 Å². The van der Waals surface area contributed by atoms with Gasteiger partial charge in [0.25, 0.3) is 5.91 Å². The van der Waals surface area contributed by atoms with Crippen LogP contribution in [-0.2, 0) is 6.42 Å². The molecule has 2 aromatic carbocycles. The molecule has 20 heavy (non-hydrogen) atoms. The van der Waals surface area contributed by atoms with E-state index in [2.05, 4.69) is 36.5 Å². The van der Waals surface area contributed by atoms with Gasteiger partial charge in [-0.15, -0.1) is 0 Å². The first-order valence-electron chi connectivity index (χ1n) is 7.29. The number of carbonyl (C=O) groups is 1. The maximum absolute atomic E-state index is 12.4. The molecule has 1 amide bonds. The number of unbranched alkanes of at least 4 members (excludes halogenated alkanes) is 1. The minimum atomic E-state index is 0.0482. The van der Waals surface area contributed by atoms with Crippen molar-refractivity contribution in [2.45, 2.75) is 26.2 Å². The standard InChI is InChI=1S/C18H19NO/c1-2-3-11-19-18(20)16-10-6-8-14-12-13-7-4-5-9-15(13)17(14)16/h4-10H,2-3,11-12H2,1H3,(H,19,20). The van der Waals surface area contributed by atoms with Crippen molar-refractivity contribution in [3.63, 3.8) is 0 Å². The molecule has 1 aliphatic carbocycles. The van der Waals surface area contributed by atoms with Crippen molar-refractivity contribution in [3.05, 3.63) is 59.2 Å². The van der Waals surface area contributed by atoms with E-state index >= 15 is 0 Å². The van der Waals surface area contributed by atoms with E-state index in [1.54, 1.807) is 0 Å². The van der Waals surface area contributed by atoms with Gasteiger partial charge in [0.2, 0.25) is 0 Å². The first-order valence-corrected chi connectivity index (χ1v) is 7.29. The SMILES string of the molecule is CCCCNC(=O)c1cccc2c1-c1ccccc1C2. The van der Waals surface area contributed by atoms with Crippen molar-refractivity contribution in [3.8, 4) is 11.1 Å². The smallest absolute Gasteiger partial charge is 0.251 e. The van der Waals surface area contributed by atoms with Gasteiger partial charge in [-0.3, -0.25) is 4.79 Å². The Balaban J connectivity index is 1.96. The van der Waals surface area contributed by atoms with Crippen molar-refractivity contribution < 1.29 is 4.79 Å². The average molecular weight is 265 g/mol. The summed E-state index contributed by atoms with van der Waals surface area (Å²) in [6.45, 7) is 2.88. The molecule has 0 spiro atoms. The summed E-state index contributed by atoms with van der Waals surface area (Å²) in [6, 6.07) is 14.4. The molecule has 0 fully saturated rings. The highest BCUT2D eigenvalue weighted by Crippen LogP contribution is 2.38. The second-order valence-corrected chi connectivity index (χ2v) is 5.28. The zero-order valence-electron chi connectivity index (χ0n) is 11.8. The maximum atomic E-state index is 12.4. The first-order chi connectivity index (χ1) is 9.81. The third-order valence-electron chi connectivity index (χ3n) is 3.88. The van der Waals surface area contributed by atoms with E-state index in [0.29, 0.717) is 0 Å². The molecule has 1 N–H and O–H groups in total. The highest BCUT2D eigenvalue weighted by molar-refractivity contribution is 6.03. The molecule has 2 nitrogen and oxygen atoms in total. The lowest BCUT2D eigenvalue weighted by Gasteiger charge is -2.10. The summed E-state index contributed by atoms with van der Waals surface area (Å²) >= 11 is 0. The molecule has 0 saturated carbocycles. The summed E-state index contributed by atoms with van der Waals surface area (Å²) in [5.41, 5.74) is 5.72. The topological polar surface area (TPSA) is 29.1 Å². The second kappa shape index (κ2) is 5.49. The van der Waals surface area contributed by atoms with Crippen LogP contribution in [0.2, 0.25) is 0 Å². The zero-order valence-corrected chi connectivity index (χ0v) is 11.8. The van der Waals surface area contributed by atoms with Gasteiger partial charge in [-0.2, -0.15) is 0 Å². The van der Waals surface area contributed by atoms with Crippen LogP contribution < -0.4 is 5.32 Å². The summed E-state index contributed by atoms with van der Waals surface area (Å²) in [7, 11) is 0. The maximum Gasteiger partial charge on any atom is 0.251 e. The van der Waals surface area contributed by atoms with Crippen LogP contribution in [-0.4, -0.2) is 12.5 Å². The third-order valence-corrected chi connectivity index (χ3v) is 3.88. The molecule has 3 rings (SSSR count). The van der Waals surface area contributed by atoms with E-state index in [-0.39, 0.29) is 5.91 Å². The van der Waals surface area contributed by atoms with Gasteiger partial charge in [0, 0.05) is 12.1 Å². The molecule has 0 saturated heterocycles. The quantitative estimate of drug-likeness (QED) is 0.714. The number of carbonyl (C=O) groups excluding carboxylic acids is 1. The average Bonchev–Trinajstić information content (AvgIpc) is 2.85. The van der Waals surface area contributed by atoms with Crippen LogP contribution in [0.3, 0.4) is 0 Å². The van der Waals surface area contributed by atoms with E-state index in [4.69, 9.17) is 0 Å². The van der Waals surface area contributed by atoms with Gasteiger partial charge in [-0.25, -0.2) is 0 Å². The number of benzene rings is 2. The Kier molecular flexibility index (Phi) is 3.55. The van der Waals surface area contributed by atoms with Crippen molar-refractivity contribution >= 4 is 5.91 Å². The molecule has 0 radical (unpaired) electrons.